The molecule has 0 spiro atoms. The highest BCUT2D eigenvalue weighted by Gasteiger charge is 2.20. The van der Waals surface area contributed by atoms with Crippen molar-refractivity contribution in [3.05, 3.63) is 28.0 Å². The molecule has 0 bridgehead atoms. The molecule has 1 fully saturated rings. The third-order valence-electron chi connectivity index (χ3n) is 4.29. The van der Waals surface area contributed by atoms with Gasteiger partial charge in [0, 0.05) is 5.38 Å². The van der Waals surface area contributed by atoms with Gasteiger partial charge in [0.15, 0.2) is 10.8 Å². The maximum Gasteiger partial charge on any atom is 0.279 e. The first-order valence-electron chi connectivity index (χ1n) is 8.44. The van der Waals surface area contributed by atoms with Gasteiger partial charge in [-0.3, -0.25) is 10.1 Å². The van der Waals surface area contributed by atoms with Crippen LogP contribution in [0.4, 0.5) is 5.13 Å². The largest absolute Gasteiger partial charge is 0.317 e. The van der Waals surface area contributed by atoms with E-state index in [0.29, 0.717) is 16.9 Å². The van der Waals surface area contributed by atoms with Crippen molar-refractivity contribution >= 4 is 33.7 Å². The number of nitrogens with zero attached hydrogens (tertiary/aromatic N) is 5. The molecule has 4 heterocycles. The highest BCUT2D eigenvalue weighted by molar-refractivity contribution is 7.16. The number of hydrogen-bond acceptors (Lipinski definition) is 8. The van der Waals surface area contributed by atoms with Gasteiger partial charge in [0.1, 0.15) is 0 Å². The van der Waals surface area contributed by atoms with Gasteiger partial charge < -0.3 is 5.32 Å². The molecule has 4 rings (SSSR count). The quantitative estimate of drug-likeness (QED) is 0.712. The molecule has 0 atom stereocenters. The predicted octanol–water partition coefficient (Wildman–Crippen LogP) is 2.65. The van der Waals surface area contributed by atoms with Crippen molar-refractivity contribution in [1.29, 1.82) is 0 Å². The third kappa shape index (κ3) is 3.53. The Kier molecular flexibility index (Phi) is 4.79. The summed E-state index contributed by atoms with van der Waals surface area (Å²) in [4.78, 5) is 22.4. The van der Waals surface area contributed by atoms with Crippen molar-refractivity contribution in [2.75, 3.05) is 18.4 Å². The van der Waals surface area contributed by atoms with Crippen LogP contribution in [0.25, 0.3) is 10.6 Å². The first-order valence-corrected chi connectivity index (χ1v) is 10.1. The van der Waals surface area contributed by atoms with Crippen molar-refractivity contribution in [3.63, 3.8) is 0 Å². The molecule has 1 amide bonds. The first kappa shape index (κ1) is 17.3. The number of nitrogens with one attached hydrogen (secondary N) is 2. The fraction of sp³-hybridized carbons (Fsp3) is 0.438. The van der Waals surface area contributed by atoms with Crippen LogP contribution in [0.5, 0.6) is 0 Å². The molecule has 3 aromatic heterocycles. The van der Waals surface area contributed by atoms with Crippen LogP contribution in [0.1, 0.15) is 40.1 Å². The number of piperidine rings is 1. The standard InChI is InChI=1S/C16H19N7OS2/c1-9-14(26-10(2)18-9)13-8-25-16(19-13)20-15(24)12-7-23(22-21-12)11-3-5-17-6-4-11/h7-8,11,17H,3-6H2,1-2H3,(H,19,20,24). The lowest BCUT2D eigenvalue weighted by atomic mass is 10.1. The zero-order valence-corrected chi connectivity index (χ0v) is 16.2. The second kappa shape index (κ2) is 7.22. The van der Waals surface area contributed by atoms with E-state index >= 15 is 0 Å². The van der Waals surface area contributed by atoms with Crippen LogP contribution in [0.3, 0.4) is 0 Å². The van der Waals surface area contributed by atoms with Gasteiger partial charge in [-0.25, -0.2) is 14.6 Å². The SMILES string of the molecule is Cc1nc(C)c(-c2csc(NC(=O)c3cn(C4CCNCC4)nn3)n2)s1. The summed E-state index contributed by atoms with van der Waals surface area (Å²) in [5.74, 6) is -0.289. The number of anilines is 1. The molecule has 26 heavy (non-hydrogen) atoms. The maximum atomic E-state index is 12.4. The van der Waals surface area contributed by atoms with Gasteiger partial charge in [0.2, 0.25) is 0 Å². The summed E-state index contributed by atoms with van der Waals surface area (Å²) in [5.41, 5.74) is 2.11. The van der Waals surface area contributed by atoms with Crippen molar-refractivity contribution in [2.24, 2.45) is 0 Å². The van der Waals surface area contributed by atoms with E-state index < -0.39 is 0 Å². The second-order valence-electron chi connectivity index (χ2n) is 6.20. The minimum Gasteiger partial charge on any atom is -0.317 e. The molecule has 0 aliphatic carbocycles. The van der Waals surface area contributed by atoms with E-state index in [9.17, 15) is 4.79 Å². The molecule has 8 nitrogen and oxygen atoms in total. The lowest BCUT2D eigenvalue weighted by Gasteiger charge is -2.21. The van der Waals surface area contributed by atoms with Crippen LogP contribution in [-0.2, 0) is 0 Å². The van der Waals surface area contributed by atoms with Crippen LogP contribution >= 0.6 is 22.7 Å². The van der Waals surface area contributed by atoms with Gasteiger partial charge in [-0.1, -0.05) is 5.21 Å². The Labute approximate surface area is 158 Å². The molecule has 2 N–H and O–H groups in total. The Morgan fingerprint density at radius 3 is 2.85 bits per heavy atom. The van der Waals surface area contributed by atoms with Crippen LogP contribution in [-0.4, -0.2) is 44.0 Å². The van der Waals surface area contributed by atoms with Gasteiger partial charge in [0.25, 0.3) is 5.91 Å². The van der Waals surface area contributed by atoms with Gasteiger partial charge in [-0.15, -0.1) is 27.8 Å². The predicted molar refractivity (Wildman–Crippen MR) is 102 cm³/mol. The van der Waals surface area contributed by atoms with E-state index in [2.05, 4.69) is 30.9 Å². The fourth-order valence-electron chi connectivity index (χ4n) is 3.00. The van der Waals surface area contributed by atoms with Crippen LogP contribution < -0.4 is 10.6 Å². The fourth-order valence-corrected chi connectivity index (χ4v) is 4.65. The van der Waals surface area contributed by atoms with Crippen molar-refractivity contribution < 1.29 is 4.79 Å². The smallest absolute Gasteiger partial charge is 0.279 e. The molecule has 1 aliphatic rings. The maximum absolute atomic E-state index is 12.4. The molecule has 0 unspecified atom stereocenters. The summed E-state index contributed by atoms with van der Waals surface area (Å²) in [6, 6.07) is 0.300. The Morgan fingerprint density at radius 2 is 2.12 bits per heavy atom. The van der Waals surface area contributed by atoms with E-state index in [1.807, 2.05) is 19.2 Å². The van der Waals surface area contributed by atoms with Crippen molar-refractivity contribution in [3.8, 4) is 10.6 Å². The molecule has 3 aromatic rings. The van der Waals surface area contributed by atoms with Crippen LogP contribution in [0, 0.1) is 13.8 Å². The summed E-state index contributed by atoms with van der Waals surface area (Å²) in [7, 11) is 0. The molecule has 0 radical (unpaired) electrons. The number of carbonyl (C=O) groups excluding carboxylic acids is 1. The Hall–Kier alpha value is -2.17. The summed E-state index contributed by atoms with van der Waals surface area (Å²) in [6.07, 6.45) is 3.71. The summed E-state index contributed by atoms with van der Waals surface area (Å²) in [5, 5.41) is 17.8. The van der Waals surface area contributed by atoms with Gasteiger partial charge in [-0.2, -0.15) is 0 Å². The van der Waals surface area contributed by atoms with E-state index in [-0.39, 0.29) is 5.91 Å². The second-order valence-corrected chi connectivity index (χ2v) is 8.27. The lowest BCUT2D eigenvalue weighted by molar-refractivity contribution is 0.102. The molecular formula is C16H19N7OS2. The van der Waals surface area contributed by atoms with Crippen molar-refractivity contribution in [1.82, 2.24) is 30.3 Å². The molecule has 1 saturated heterocycles. The van der Waals surface area contributed by atoms with Gasteiger partial charge >= 0.3 is 0 Å². The zero-order valence-electron chi connectivity index (χ0n) is 14.5. The molecule has 136 valence electrons. The number of carbonyl (C=O) groups is 1. The number of rotatable bonds is 4. The van der Waals surface area contributed by atoms with Gasteiger partial charge in [-0.05, 0) is 39.8 Å². The topological polar surface area (TPSA) is 97.6 Å². The van der Waals surface area contributed by atoms with E-state index in [1.54, 1.807) is 22.2 Å². The minimum atomic E-state index is -0.289. The highest BCUT2D eigenvalue weighted by Crippen LogP contribution is 2.32. The van der Waals surface area contributed by atoms with Gasteiger partial charge in [0.05, 0.1) is 33.5 Å². The monoisotopic (exact) mass is 389 g/mol. The minimum absolute atomic E-state index is 0.289. The first-order chi connectivity index (χ1) is 12.6. The zero-order chi connectivity index (χ0) is 18.1. The number of aromatic nitrogens is 5. The third-order valence-corrected chi connectivity index (χ3v) is 6.14. The van der Waals surface area contributed by atoms with E-state index in [1.165, 1.54) is 11.3 Å². The average Bonchev–Trinajstić information content (AvgIpc) is 3.35. The number of thiazole rings is 2. The van der Waals surface area contributed by atoms with Crippen LogP contribution in [0.2, 0.25) is 0 Å². The lowest BCUT2D eigenvalue weighted by Crippen LogP contribution is -2.29. The summed E-state index contributed by atoms with van der Waals surface area (Å²) in [6.45, 7) is 5.87. The number of amides is 1. The molecule has 1 aliphatic heterocycles. The molecular weight excluding hydrogens is 370 g/mol. The average molecular weight is 390 g/mol. The van der Waals surface area contributed by atoms with Crippen LogP contribution in [0.15, 0.2) is 11.6 Å². The Morgan fingerprint density at radius 1 is 1.31 bits per heavy atom. The van der Waals surface area contributed by atoms with E-state index in [4.69, 9.17) is 0 Å². The molecule has 0 saturated carbocycles. The number of aryl methyl sites for hydroxylation is 2. The molecule has 0 aromatic carbocycles. The van der Waals surface area contributed by atoms with E-state index in [0.717, 1.165) is 47.2 Å². The Bertz CT molecular complexity index is 923. The Balaban J connectivity index is 1.45. The number of hydrogen-bond donors (Lipinski definition) is 2. The molecule has 10 heteroatoms. The normalized spacial score (nSPS) is 15.3. The summed E-state index contributed by atoms with van der Waals surface area (Å²) >= 11 is 3.00. The van der Waals surface area contributed by atoms with Crippen molar-refractivity contribution in [2.45, 2.75) is 32.7 Å². The summed E-state index contributed by atoms with van der Waals surface area (Å²) < 4.78 is 1.80. The highest BCUT2D eigenvalue weighted by atomic mass is 32.1.